The molecule has 0 spiro atoms. The van der Waals surface area contributed by atoms with Crippen LogP contribution in [-0.4, -0.2) is 60.2 Å². The Hall–Kier alpha value is -1.93. The van der Waals surface area contributed by atoms with Crippen LogP contribution in [0.25, 0.3) is 0 Å². The molecular formula is C16H25N5O3. The van der Waals surface area contributed by atoms with Crippen molar-refractivity contribution in [1.29, 1.82) is 0 Å². The fourth-order valence-corrected chi connectivity index (χ4v) is 3.25. The van der Waals surface area contributed by atoms with Gasteiger partial charge in [-0.25, -0.2) is 4.98 Å². The number of hydrogen-bond acceptors (Lipinski definition) is 7. The molecule has 8 nitrogen and oxygen atoms in total. The second-order valence-corrected chi connectivity index (χ2v) is 6.33. The molecular weight excluding hydrogens is 310 g/mol. The van der Waals surface area contributed by atoms with Crippen LogP contribution < -0.4 is 10.6 Å². The Kier molecular flexibility index (Phi) is 5.81. The van der Waals surface area contributed by atoms with Gasteiger partial charge in [0.1, 0.15) is 5.82 Å². The van der Waals surface area contributed by atoms with Crippen molar-refractivity contribution in [2.24, 2.45) is 0 Å². The number of aromatic nitrogens is 1. The predicted octanol–water partition coefficient (Wildman–Crippen LogP) is 2.09. The van der Waals surface area contributed by atoms with E-state index in [1.807, 2.05) is 0 Å². The normalized spacial score (nSPS) is 19.3. The molecule has 132 valence electrons. The fourth-order valence-electron chi connectivity index (χ4n) is 3.25. The van der Waals surface area contributed by atoms with Crippen LogP contribution in [0.15, 0.2) is 12.1 Å². The van der Waals surface area contributed by atoms with E-state index in [1.54, 1.807) is 6.07 Å². The van der Waals surface area contributed by atoms with Crippen LogP contribution in [0.1, 0.15) is 25.7 Å². The number of pyridine rings is 1. The first kappa shape index (κ1) is 16.9. The van der Waals surface area contributed by atoms with Crippen molar-refractivity contribution >= 4 is 17.3 Å². The maximum absolute atomic E-state index is 11.2. The molecule has 8 heteroatoms. The molecule has 2 heterocycles. The number of hydrogen-bond donors (Lipinski definition) is 2. The highest BCUT2D eigenvalue weighted by atomic mass is 16.6. The first-order valence-electron chi connectivity index (χ1n) is 8.68. The van der Waals surface area contributed by atoms with E-state index < -0.39 is 0 Å². The third-order valence-electron chi connectivity index (χ3n) is 4.60. The maximum Gasteiger partial charge on any atom is 0.311 e. The summed E-state index contributed by atoms with van der Waals surface area (Å²) < 4.78 is 5.32. The Labute approximate surface area is 141 Å². The maximum atomic E-state index is 11.2. The third-order valence-corrected chi connectivity index (χ3v) is 4.60. The van der Waals surface area contributed by atoms with Crippen LogP contribution >= 0.6 is 0 Å². The number of morpholine rings is 1. The van der Waals surface area contributed by atoms with Crippen LogP contribution in [0.5, 0.6) is 0 Å². The van der Waals surface area contributed by atoms with Gasteiger partial charge in [0.2, 0.25) is 5.82 Å². The van der Waals surface area contributed by atoms with Gasteiger partial charge in [0.15, 0.2) is 0 Å². The number of rotatable bonds is 7. The van der Waals surface area contributed by atoms with Gasteiger partial charge in [-0.2, -0.15) is 0 Å². The molecule has 24 heavy (non-hydrogen) atoms. The molecule has 1 aliphatic heterocycles. The van der Waals surface area contributed by atoms with Crippen molar-refractivity contribution < 1.29 is 9.66 Å². The SMILES string of the molecule is O=[N+]([O-])c1ccc(NC2CCCC2)nc1NCCN1CCOCC1. The highest BCUT2D eigenvalue weighted by Crippen LogP contribution is 2.26. The molecule has 0 bridgehead atoms. The van der Waals surface area contributed by atoms with Gasteiger partial charge in [0.25, 0.3) is 0 Å². The van der Waals surface area contributed by atoms with Crippen LogP contribution in [0.4, 0.5) is 17.3 Å². The van der Waals surface area contributed by atoms with E-state index in [1.165, 1.54) is 18.9 Å². The number of nitro groups is 1. The molecule has 2 fully saturated rings. The van der Waals surface area contributed by atoms with Crippen molar-refractivity contribution in [2.45, 2.75) is 31.7 Å². The Balaban J connectivity index is 1.60. The molecule has 0 unspecified atom stereocenters. The lowest BCUT2D eigenvalue weighted by molar-refractivity contribution is -0.384. The molecule has 2 N–H and O–H groups in total. The minimum Gasteiger partial charge on any atom is -0.379 e. The molecule has 0 atom stereocenters. The zero-order valence-corrected chi connectivity index (χ0v) is 13.9. The Bertz CT molecular complexity index is 557. The Morgan fingerprint density at radius 3 is 2.75 bits per heavy atom. The number of anilines is 2. The average Bonchev–Trinajstić information content (AvgIpc) is 3.09. The lowest BCUT2D eigenvalue weighted by Crippen LogP contribution is -2.39. The first-order chi connectivity index (χ1) is 11.7. The van der Waals surface area contributed by atoms with E-state index in [0.29, 0.717) is 24.2 Å². The molecule has 0 amide bonds. The minimum absolute atomic E-state index is 0.0222. The zero-order chi connectivity index (χ0) is 16.8. The van der Waals surface area contributed by atoms with E-state index in [2.05, 4.69) is 20.5 Å². The van der Waals surface area contributed by atoms with E-state index in [0.717, 1.165) is 45.7 Å². The molecule has 2 aliphatic rings. The van der Waals surface area contributed by atoms with Gasteiger partial charge >= 0.3 is 5.69 Å². The van der Waals surface area contributed by atoms with E-state index in [-0.39, 0.29) is 10.6 Å². The smallest absolute Gasteiger partial charge is 0.311 e. The summed E-state index contributed by atoms with van der Waals surface area (Å²) in [6, 6.07) is 3.66. The van der Waals surface area contributed by atoms with Crippen molar-refractivity contribution in [1.82, 2.24) is 9.88 Å². The second-order valence-electron chi connectivity index (χ2n) is 6.33. The third kappa shape index (κ3) is 4.55. The molecule has 0 radical (unpaired) electrons. The monoisotopic (exact) mass is 335 g/mol. The van der Waals surface area contributed by atoms with Gasteiger partial charge in [-0.1, -0.05) is 12.8 Å². The van der Waals surface area contributed by atoms with Crippen LogP contribution in [0, 0.1) is 10.1 Å². The van der Waals surface area contributed by atoms with E-state index >= 15 is 0 Å². The lowest BCUT2D eigenvalue weighted by atomic mass is 10.2. The lowest BCUT2D eigenvalue weighted by Gasteiger charge is -2.26. The molecule has 1 aromatic heterocycles. The summed E-state index contributed by atoms with van der Waals surface area (Å²) in [5.74, 6) is 1.05. The number of ether oxygens (including phenoxy) is 1. The van der Waals surface area contributed by atoms with Crippen LogP contribution in [0.2, 0.25) is 0 Å². The van der Waals surface area contributed by atoms with Crippen molar-refractivity contribution in [2.75, 3.05) is 50.0 Å². The largest absolute Gasteiger partial charge is 0.379 e. The summed E-state index contributed by atoms with van der Waals surface area (Å²) in [5.41, 5.74) is 0.0222. The van der Waals surface area contributed by atoms with E-state index in [4.69, 9.17) is 4.74 Å². The van der Waals surface area contributed by atoms with Gasteiger partial charge in [0.05, 0.1) is 18.1 Å². The zero-order valence-electron chi connectivity index (χ0n) is 13.9. The van der Waals surface area contributed by atoms with Gasteiger partial charge in [0, 0.05) is 38.3 Å². The highest BCUT2D eigenvalue weighted by molar-refractivity contribution is 5.60. The fraction of sp³-hybridized carbons (Fsp3) is 0.688. The topological polar surface area (TPSA) is 92.6 Å². The number of nitrogens with one attached hydrogen (secondary N) is 2. The predicted molar refractivity (Wildman–Crippen MR) is 92.5 cm³/mol. The average molecular weight is 335 g/mol. The summed E-state index contributed by atoms with van der Waals surface area (Å²) in [7, 11) is 0. The molecule has 1 saturated heterocycles. The first-order valence-corrected chi connectivity index (χ1v) is 8.68. The summed E-state index contributed by atoms with van der Waals surface area (Å²) in [6.45, 7) is 4.75. The summed E-state index contributed by atoms with van der Waals surface area (Å²) >= 11 is 0. The molecule has 3 rings (SSSR count). The minimum atomic E-state index is -0.385. The Morgan fingerprint density at radius 2 is 2.04 bits per heavy atom. The highest BCUT2D eigenvalue weighted by Gasteiger charge is 2.19. The van der Waals surface area contributed by atoms with Crippen molar-refractivity contribution in [3.05, 3.63) is 22.2 Å². The molecule has 1 saturated carbocycles. The molecule has 1 aliphatic carbocycles. The summed E-state index contributed by atoms with van der Waals surface area (Å²) in [5, 5.41) is 17.7. The molecule has 1 aromatic rings. The standard InChI is InChI=1S/C16H25N5O3/c22-21(23)14-5-6-15(18-13-3-1-2-4-13)19-16(14)17-7-8-20-9-11-24-12-10-20/h5-6,13H,1-4,7-12H2,(H2,17,18,19). The van der Waals surface area contributed by atoms with Crippen molar-refractivity contribution in [3.63, 3.8) is 0 Å². The second kappa shape index (κ2) is 8.25. The van der Waals surface area contributed by atoms with Crippen molar-refractivity contribution in [3.8, 4) is 0 Å². The van der Waals surface area contributed by atoms with Gasteiger partial charge in [-0.05, 0) is 18.9 Å². The Morgan fingerprint density at radius 1 is 1.29 bits per heavy atom. The van der Waals surface area contributed by atoms with Gasteiger partial charge < -0.3 is 15.4 Å². The quantitative estimate of drug-likeness (QED) is 0.582. The van der Waals surface area contributed by atoms with Crippen LogP contribution in [0.3, 0.4) is 0 Å². The summed E-state index contributed by atoms with van der Waals surface area (Å²) in [4.78, 5) is 17.5. The van der Waals surface area contributed by atoms with Gasteiger partial charge in [-0.15, -0.1) is 0 Å². The van der Waals surface area contributed by atoms with E-state index in [9.17, 15) is 10.1 Å². The van der Waals surface area contributed by atoms with Crippen LogP contribution in [-0.2, 0) is 4.74 Å². The molecule has 0 aromatic carbocycles. The summed E-state index contributed by atoms with van der Waals surface area (Å²) in [6.07, 6.45) is 4.74. The van der Waals surface area contributed by atoms with Gasteiger partial charge in [-0.3, -0.25) is 15.0 Å². The number of nitrogens with zero attached hydrogens (tertiary/aromatic N) is 3.